The molecular formula is C35H30BrN3O7. The number of hydrogen-bond acceptors (Lipinski definition) is 7. The van der Waals surface area contributed by atoms with Gasteiger partial charge in [0.2, 0.25) is 0 Å². The maximum absolute atomic E-state index is 13.5. The van der Waals surface area contributed by atoms with Crippen LogP contribution in [0.15, 0.2) is 95.0 Å². The van der Waals surface area contributed by atoms with Gasteiger partial charge in [-0.2, -0.15) is 0 Å². The van der Waals surface area contributed by atoms with E-state index in [1.54, 1.807) is 36.4 Å². The zero-order valence-corrected chi connectivity index (χ0v) is 26.8. The predicted molar refractivity (Wildman–Crippen MR) is 177 cm³/mol. The molecule has 0 bridgehead atoms. The number of nitrogens with one attached hydrogen (secondary N) is 2. The van der Waals surface area contributed by atoms with Gasteiger partial charge in [-0.3, -0.25) is 19.7 Å². The first-order chi connectivity index (χ1) is 22.1. The van der Waals surface area contributed by atoms with Crippen LogP contribution in [-0.4, -0.2) is 37.5 Å². The molecule has 0 atom stereocenters. The lowest BCUT2D eigenvalue weighted by Gasteiger charge is -2.26. The highest BCUT2D eigenvalue weighted by Gasteiger charge is 2.37. The third-order valence-corrected chi connectivity index (χ3v) is 7.60. The number of carbonyl (C=O) groups excluding carboxylic acids is 4. The van der Waals surface area contributed by atoms with Crippen molar-refractivity contribution in [1.82, 2.24) is 5.32 Å². The van der Waals surface area contributed by atoms with Crippen LogP contribution in [0.3, 0.4) is 0 Å². The highest BCUT2D eigenvalue weighted by Crippen LogP contribution is 2.37. The Morgan fingerprint density at radius 3 is 2.37 bits per heavy atom. The minimum Gasteiger partial charge on any atom is -0.493 e. The minimum absolute atomic E-state index is 0.253. The van der Waals surface area contributed by atoms with Crippen LogP contribution >= 0.6 is 15.9 Å². The van der Waals surface area contributed by atoms with Gasteiger partial charge in [0.15, 0.2) is 18.1 Å². The number of aryl methyl sites for hydroxylation is 2. The lowest BCUT2D eigenvalue weighted by molar-refractivity contribution is -0.122. The lowest BCUT2D eigenvalue weighted by atomic mass is 10.1. The van der Waals surface area contributed by atoms with Crippen LogP contribution < -0.4 is 29.7 Å². The summed E-state index contributed by atoms with van der Waals surface area (Å²) in [5.74, 6) is -0.948. The van der Waals surface area contributed by atoms with Crippen molar-refractivity contribution in [3.63, 3.8) is 0 Å². The molecule has 1 aliphatic rings. The van der Waals surface area contributed by atoms with Gasteiger partial charge in [0.1, 0.15) is 17.9 Å². The van der Waals surface area contributed by atoms with Crippen LogP contribution in [0, 0.1) is 13.8 Å². The van der Waals surface area contributed by atoms with Crippen molar-refractivity contribution in [2.45, 2.75) is 20.5 Å². The summed E-state index contributed by atoms with van der Waals surface area (Å²) in [6.45, 7) is 3.94. The van der Waals surface area contributed by atoms with E-state index in [1.807, 2.05) is 62.4 Å². The normalized spacial score (nSPS) is 13.8. The van der Waals surface area contributed by atoms with Crippen LogP contribution in [-0.2, 0) is 21.0 Å². The molecule has 0 radical (unpaired) electrons. The summed E-state index contributed by atoms with van der Waals surface area (Å²) in [5, 5.41) is 5.05. The Morgan fingerprint density at radius 1 is 0.935 bits per heavy atom. The Hall–Kier alpha value is -5.42. The van der Waals surface area contributed by atoms with Crippen LogP contribution in [0.4, 0.5) is 16.2 Å². The van der Waals surface area contributed by atoms with E-state index in [4.69, 9.17) is 14.2 Å². The SMILES string of the molecule is COc1cc(/C=C2/C(=O)NC(=O)N(c3ccc(OCc4ccccc4)cc3)C2=O)cc(Br)c1OCC(=O)Nc1ccc(C)cc1C. The first-order valence-electron chi connectivity index (χ1n) is 14.2. The molecule has 4 aromatic rings. The second-order valence-electron chi connectivity index (χ2n) is 10.4. The first kappa shape index (κ1) is 32.0. The van der Waals surface area contributed by atoms with Gasteiger partial charge < -0.3 is 19.5 Å². The average Bonchev–Trinajstić information content (AvgIpc) is 3.03. The number of halogens is 1. The van der Waals surface area contributed by atoms with Crippen molar-refractivity contribution in [1.29, 1.82) is 0 Å². The molecule has 10 nitrogen and oxygen atoms in total. The highest BCUT2D eigenvalue weighted by molar-refractivity contribution is 9.10. The summed E-state index contributed by atoms with van der Waals surface area (Å²) in [7, 11) is 1.42. The number of anilines is 2. The zero-order chi connectivity index (χ0) is 32.8. The predicted octanol–water partition coefficient (Wildman–Crippen LogP) is 6.34. The Bertz CT molecular complexity index is 1840. The molecule has 1 saturated heterocycles. The molecule has 5 rings (SSSR count). The van der Waals surface area contributed by atoms with Crippen LogP contribution in [0.1, 0.15) is 22.3 Å². The number of barbiturate groups is 1. The number of urea groups is 1. The number of methoxy groups -OCH3 is 1. The molecule has 1 heterocycles. The fourth-order valence-electron chi connectivity index (χ4n) is 4.73. The number of amides is 5. The van der Waals surface area contributed by atoms with Crippen LogP contribution in [0.5, 0.6) is 17.2 Å². The average molecular weight is 685 g/mol. The van der Waals surface area contributed by atoms with Crippen LogP contribution in [0.2, 0.25) is 0 Å². The molecule has 1 fully saturated rings. The molecule has 0 spiro atoms. The number of benzene rings is 4. The summed E-state index contributed by atoms with van der Waals surface area (Å²) < 4.78 is 17.5. The molecule has 5 amide bonds. The van der Waals surface area contributed by atoms with Crippen molar-refractivity contribution >= 4 is 57.1 Å². The third kappa shape index (κ3) is 7.44. The number of hydrogen-bond donors (Lipinski definition) is 2. The van der Waals surface area contributed by atoms with Gasteiger partial charge in [-0.1, -0.05) is 48.0 Å². The maximum Gasteiger partial charge on any atom is 0.335 e. The van der Waals surface area contributed by atoms with Crippen LogP contribution in [0.25, 0.3) is 6.08 Å². The summed E-state index contributed by atoms with van der Waals surface area (Å²) in [4.78, 5) is 52.4. The lowest BCUT2D eigenvalue weighted by Crippen LogP contribution is -2.54. The molecule has 2 N–H and O–H groups in total. The third-order valence-electron chi connectivity index (χ3n) is 7.01. The number of rotatable bonds is 10. The molecule has 234 valence electrons. The number of imide groups is 2. The molecule has 11 heteroatoms. The number of ether oxygens (including phenoxy) is 3. The van der Waals surface area contributed by atoms with Crippen molar-refractivity contribution in [2.24, 2.45) is 0 Å². The van der Waals surface area contributed by atoms with Crippen molar-refractivity contribution in [2.75, 3.05) is 23.9 Å². The van der Waals surface area contributed by atoms with E-state index >= 15 is 0 Å². The van der Waals surface area contributed by atoms with Gasteiger partial charge >= 0.3 is 6.03 Å². The van der Waals surface area contributed by atoms with Crippen molar-refractivity contribution in [3.05, 3.63) is 117 Å². The van der Waals surface area contributed by atoms with Gasteiger partial charge in [0.05, 0.1) is 17.3 Å². The standard InChI is InChI=1S/C35H30BrN3O7/c1-21-9-14-29(22(2)15-21)37-31(40)20-46-32-28(36)17-24(18-30(32)44-3)16-27-33(41)38-35(43)39(34(27)42)25-10-12-26(13-11-25)45-19-23-7-5-4-6-8-23/h4-18H,19-20H2,1-3H3,(H,37,40)(H,38,41,43)/b27-16-. The topological polar surface area (TPSA) is 123 Å². The first-order valence-corrected chi connectivity index (χ1v) is 15.0. The second-order valence-corrected chi connectivity index (χ2v) is 11.3. The van der Waals surface area contributed by atoms with E-state index in [9.17, 15) is 19.2 Å². The molecule has 0 unspecified atom stereocenters. The molecule has 0 aliphatic carbocycles. The van der Waals surface area contributed by atoms with Gasteiger partial charge in [0.25, 0.3) is 17.7 Å². The molecule has 4 aromatic carbocycles. The Kier molecular flexibility index (Phi) is 9.82. The monoisotopic (exact) mass is 683 g/mol. The zero-order valence-electron chi connectivity index (χ0n) is 25.3. The maximum atomic E-state index is 13.5. The Balaban J connectivity index is 1.30. The number of carbonyl (C=O) groups is 4. The molecule has 1 aliphatic heterocycles. The van der Waals surface area contributed by atoms with E-state index in [2.05, 4.69) is 26.6 Å². The van der Waals surface area contributed by atoms with E-state index in [0.29, 0.717) is 28.1 Å². The quantitative estimate of drug-likeness (QED) is 0.148. The van der Waals surface area contributed by atoms with Crippen molar-refractivity contribution < 1.29 is 33.4 Å². The van der Waals surface area contributed by atoms with Gasteiger partial charge in [-0.25, -0.2) is 9.69 Å². The van der Waals surface area contributed by atoms with E-state index in [1.165, 1.54) is 13.2 Å². The minimum atomic E-state index is -0.869. The fourth-order valence-corrected chi connectivity index (χ4v) is 5.31. The summed E-state index contributed by atoms with van der Waals surface area (Å²) in [5.41, 5.74) is 4.09. The molecule has 0 aromatic heterocycles. The summed E-state index contributed by atoms with van der Waals surface area (Å²) >= 11 is 3.44. The van der Waals surface area contributed by atoms with E-state index < -0.39 is 17.8 Å². The highest BCUT2D eigenvalue weighted by atomic mass is 79.9. The second kappa shape index (κ2) is 14.1. The molecule has 46 heavy (non-hydrogen) atoms. The summed E-state index contributed by atoms with van der Waals surface area (Å²) in [6.07, 6.45) is 1.35. The van der Waals surface area contributed by atoms with Gasteiger partial charge in [-0.05, 0) is 95.0 Å². The van der Waals surface area contributed by atoms with Crippen molar-refractivity contribution in [3.8, 4) is 17.2 Å². The van der Waals surface area contributed by atoms with E-state index in [0.717, 1.165) is 21.6 Å². The fraction of sp³-hybridized carbons (Fsp3) is 0.143. The molecule has 0 saturated carbocycles. The summed E-state index contributed by atoms with van der Waals surface area (Å²) in [6, 6.07) is 24.0. The van der Waals surface area contributed by atoms with Gasteiger partial charge in [0, 0.05) is 5.69 Å². The van der Waals surface area contributed by atoms with Gasteiger partial charge in [-0.15, -0.1) is 0 Å². The Morgan fingerprint density at radius 2 is 1.67 bits per heavy atom. The van der Waals surface area contributed by atoms with E-state index in [-0.39, 0.29) is 35.3 Å². The smallest absolute Gasteiger partial charge is 0.335 e. The largest absolute Gasteiger partial charge is 0.493 e. The number of nitrogens with zero attached hydrogens (tertiary/aromatic N) is 1. The molecular weight excluding hydrogens is 654 g/mol. The Labute approximate surface area is 274 Å².